The van der Waals surface area contributed by atoms with Crippen LogP contribution in [0.1, 0.15) is 10.4 Å². The average molecular weight is 268 g/mol. The molecule has 0 saturated carbocycles. The highest BCUT2D eigenvalue weighted by Gasteiger charge is 2.12. The fraction of sp³-hybridized carbons (Fsp3) is 0. The number of hydrogen-bond acceptors (Lipinski definition) is 5. The van der Waals surface area contributed by atoms with Crippen LogP contribution in [0.25, 0.3) is 0 Å². The fourth-order valence-corrected chi connectivity index (χ4v) is 1.28. The number of hydrogen-bond donors (Lipinski definition) is 3. The number of aromatic nitrogens is 4. The summed E-state index contributed by atoms with van der Waals surface area (Å²) in [5, 5.41) is 2.42. The molecule has 18 heavy (non-hydrogen) atoms. The van der Waals surface area contributed by atoms with Crippen LogP contribution in [-0.4, -0.2) is 25.8 Å². The van der Waals surface area contributed by atoms with Crippen LogP contribution in [0.4, 0.5) is 5.95 Å². The maximum absolute atomic E-state index is 11.7. The maximum atomic E-state index is 11.7. The molecular weight excluding hydrogens is 262 g/mol. The van der Waals surface area contributed by atoms with Crippen LogP contribution >= 0.6 is 11.6 Å². The van der Waals surface area contributed by atoms with Crippen molar-refractivity contribution in [2.45, 2.75) is 0 Å². The second-order valence-corrected chi connectivity index (χ2v) is 3.53. The molecule has 1 amide bonds. The second-order valence-electron chi connectivity index (χ2n) is 3.14. The molecule has 0 atom stereocenters. The van der Waals surface area contributed by atoms with Crippen LogP contribution in [0, 0.1) is 0 Å². The van der Waals surface area contributed by atoms with Gasteiger partial charge in [0.15, 0.2) is 0 Å². The van der Waals surface area contributed by atoms with Crippen LogP contribution in [-0.2, 0) is 0 Å². The maximum Gasteiger partial charge on any atom is 0.325 e. The van der Waals surface area contributed by atoms with Gasteiger partial charge in [0, 0.05) is 12.4 Å². The van der Waals surface area contributed by atoms with Crippen molar-refractivity contribution in [3.63, 3.8) is 0 Å². The molecule has 2 rings (SSSR count). The van der Waals surface area contributed by atoms with Gasteiger partial charge in [-0.3, -0.25) is 19.9 Å². The first kappa shape index (κ1) is 12.0. The number of anilines is 1. The summed E-state index contributed by atoms with van der Waals surface area (Å²) in [6.07, 6.45) is 2.35. The lowest BCUT2D eigenvalue weighted by atomic mass is 10.3. The lowest BCUT2D eigenvalue weighted by Gasteiger charge is -2.02. The van der Waals surface area contributed by atoms with Gasteiger partial charge in [-0.05, 0) is 6.07 Å². The zero-order chi connectivity index (χ0) is 13.1. The predicted octanol–water partition coefficient (Wildman–Crippen LogP) is -0.241. The number of halogens is 1. The summed E-state index contributed by atoms with van der Waals surface area (Å²) in [6.45, 7) is 0. The third-order valence-electron chi connectivity index (χ3n) is 1.91. The minimum atomic E-state index is -0.807. The lowest BCUT2D eigenvalue weighted by Crippen LogP contribution is -2.30. The molecule has 0 radical (unpaired) electrons. The van der Waals surface area contributed by atoms with E-state index < -0.39 is 17.2 Å². The first-order chi connectivity index (χ1) is 8.56. The Kier molecular flexibility index (Phi) is 3.20. The first-order valence-corrected chi connectivity index (χ1v) is 5.06. The van der Waals surface area contributed by atoms with E-state index >= 15 is 0 Å². The third kappa shape index (κ3) is 2.61. The van der Waals surface area contributed by atoms with Crippen LogP contribution in [0.15, 0.2) is 28.0 Å². The highest BCUT2D eigenvalue weighted by molar-refractivity contribution is 6.29. The normalized spacial score (nSPS) is 10.1. The van der Waals surface area contributed by atoms with Gasteiger partial charge in [0.2, 0.25) is 5.95 Å². The van der Waals surface area contributed by atoms with Gasteiger partial charge in [-0.15, -0.1) is 0 Å². The van der Waals surface area contributed by atoms with Gasteiger partial charge in [0.05, 0.1) is 0 Å². The Balaban J connectivity index is 2.27. The smallest absolute Gasteiger partial charge is 0.313 e. The summed E-state index contributed by atoms with van der Waals surface area (Å²) in [7, 11) is 0. The topological polar surface area (TPSA) is 121 Å². The summed E-state index contributed by atoms with van der Waals surface area (Å²) < 4.78 is 0. The molecule has 3 N–H and O–H groups in total. The summed E-state index contributed by atoms with van der Waals surface area (Å²) >= 11 is 5.61. The van der Waals surface area contributed by atoms with E-state index in [1.54, 1.807) is 0 Å². The van der Waals surface area contributed by atoms with Crippen molar-refractivity contribution in [1.29, 1.82) is 0 Å². The van der Waals surface area contributed by atoms with Gasteiger partial charge in [-0.25, -0.2) is 14.8 Å². The van der Waals surface area contributed by atoms with Gasteiger partial charge < -0.3 is 4.98 Å². The highest BCUT2D eigenvalue weighted by atomic mass is 35.5. The molecule has 2 aromatic heterocycles. The van der Waals surface area contributed by atoms with Crippen molar-refractivity contribution >= 4 is 23.5 Å². The molecule has 8 nitrogen and oxygen atoms in total. The molecule has 0 saturated heterocycles. The van der Waals surface area contributed by atoms with Crippen LogP contribution in [0.3, 0.4) is 0 Å². The number of nitrogens with zero attached hydrogens (tertiary/aromatic N) is 2. The van der Waals surface area contributed by atoms with Gasteiger partial charge in [0.25, 0.3) is 11.5 Å². The van der Waals surface area contributed by atoms with Gasteiger partial charge in [-0.2, -0.15) is 0 Å². The standard InChI is InChI=1S/C9H6ClN5O3/c10-5-1-2-11-8(13-5)14-6(16)4-3-12-9(18)15-7(4)17/h1-3H,(H,11,13,14,16)(H2,12,15,17,18). The first-order valence-electron chi connectivity index (χ1n) is 4.68. The van der Waals surface area contributed by atoms with Crippen LogP contribution < -0.4 is 16.6 Å². The number of aromatic amines is 2. The molecule has 0 aromatic carbocycles. The Hall–Kier alpha value is -2.48. The molecule has 0 aliphatic heterocycles. The molecular formula is C9H6ClN5O3. The fourth-order valence-electron chi connectivity index (χ4n) is 1.14. The quantitative estimate of drug-likeness (QED) is 0.649. The molecule has 2 aromatic rings. The zero-order valence-corrected chi connectivity index (χ0v) is 9.49. The van der Waals surface area contributed by atoms with Gasteiger partial charge >= 0.3 is 5.69 Å². The van der Waals surface area contributed by atoms with Crippen molar-refractivity contribution in [2.75, 3.05) is 5.32 Å². The van der Waals surface area contributed by atoms with E-state index in [0.717, 1.165) is 6.20 Å². The van der Waals surface area contributed by atoms with E-state index in [0.29, 0.717) is 0 Å². The largest absolute Gasteiger partial charge is 0.325 e. The summed E-state index contributed by atoms with van der Waals surface area (Å²) in [4.78, 5) is 45.4. The molecule has 9 heteroatoms. The van der Waals surface area contributed by atoms with E-state index in [-0.39, 0.29) is 16.7 Å². The van der Waals surface area contributed by atoms with Crippen molar-refractivity contribution in [3.05, 3.63) is 50.0 Å². The molecule has 0 bridgehead atoms. The lowest BCUT2D eigenvalue weighted by molar-refractivity contribution is 0.102. The minimum Gasteiger partial charge on any atom is -0.313 e. The number of amides is 1. The van der Waals surface area contributed by atoms with Crippen LogP contribution in [0.2, 0.25) is 5.15 Å². The third-order valence-corrected chi connectivity index (χ3v) is 2.12. The Labute approximate surface area is 104 Å². The Morgan fingerprint density at radius 3 is 2.83 bits per heavy atom. The SMILES string of the molecule is O=C(Nc1nccc(Cl)n1)c1c[nH]c(=O)[nH]c1=O. The van der Waals surface area contributed by atoms with Crippen molar-refractivity contribution in [2.24, 2.45) is 0 Å². The molecule has 0 fully saturated rings. The van der Waals surface area contributed by atoms with Crippen molar-refractivity contribution < 1.29 is 4.79 Å². The van der Waals surface area contributed by atoms with Gasteiger partial charge in [-0.1, -0.05) is 11.6 Å². The van der Waals surface area contributed by atoms with E-state index in [1.165, 1.54) is 12.3 Å². The summed E-state index contributed by atoms with van der Waals surface area (Å²) in [5.74, 6) is -0.798. The van der Waals surface area contributed by atoms with E-state index in [2.05, 4.69) is 20.3 Å². The number of carbonyl (C=O) groups excluding carboxylic acids is 1. The Morgan fingerprint density at radius 1 is 1.39 bits per heavy atom. The average Bonchev–Trinajstić information content (AvgIpc) is 2.28. The molecule has 0 spiro atoms. The molecule has 0 unspecified atom stereocenters. The second kappa shape index (κ2) is 4.80. The van der Waals surface area contributed by atoms with Crippen molar-refractivity contribution in [3.8, 4) is 0 Å². The molecule has 0 aliphatic rings. The van der Waals surface area contributed by atoms with E-state index in [9.17, 15) is 14.4 Å². The Morgan fingerprint density at radius 2 is 2.17 bits per heavy atom. The Bertz CT molecular complexity index is 708. The summed E-state index contributed by atoms with van der Waals surface area (Å²) in [6, 6.07) is 1.43. The van der Waals surface area contributed by atoms with Crippen molar-refractivity contribution in [1.82, 2.24) is 19.9 Å². The number of H-pyrrole nitrogens is 2. The monoisotopic (exact) mass is 267 g/mol. The predicted molar refractivity (Wildman–Crippen MR) is 62.7 cm³/mol. The minimum absolute atomic E-state index is 0.0434. The molecule has 92 valence electrons. The zero-order valence-electron chi connectivity index (χ0n) is 8.73. The highest BCUT2D eigenvalue weighted by Crippen LogP contribution is 2.06. The summed E-state index contributed by atoms with van der Waals surface area (Å²) in [5.41, 5.74) is -1.77. The number of carbonyl (C=O) groups is 1. The number of nitrogens with one attached hydrogen (secondary N) is 3. The molecule has 2 heterocycles. The van der Waals surface area contributed by atoms with Crippen LogP contribution in [0.5, 0.6) is 0 Å². The number of rotatable bonds is 2. The van der Waals surface area contributed by atoms with Gasteiger partial charge in [0.1, 0.15) is 10.7 Å². The van der Waals surface area contributed by atoms with E-state index in [1.807, 2.05) is 4.98 Å². The van der Waals surface area contributed by atoms with E-state index in [4.69, 9.17) is 11.6 Å². The molecule has 0 aliphatic carbocycles.